The van der Waals surface area contributed by atoms with Gasteiger partial charge in [0.05, 0.1) is 0 Å². The number of aromatic nitrogens is 3. The molecule has 0 radical (unpaired) electrons. The van der Waals surface area contributed by atoms with Gasteiger partial charge in [-0.3, -0.25) is 0 Å². The van der Waals surface area contributed by atoms with Crippen LogP contribution in [0, 0.1) is 0 Å². The quantitative estimate of drug-likeness (QED) is 0.183. The first kappa shape index (κ1) is 27.5. The maximum atomic E-state index is 6.42. The molecule has 0 saturated heterocycles. The van der Waals surface area contributed by atoms with E-state index in [2.05, 4.69) is 121 Å². The Morgan fingerprint density at radius 3 is 1.84 bits per heavy atom. The zero-order chi connectivity index (χ0) is 32.3. The molecule has 10 rings (SSSR count). The molecule has 0 bridgehead atoms. The summed E-state index contributed by atoms with van der Waals surface area (Å²) in [6.45, 7) is 0. The molecule has 0 aliphatic rings. The van der Waals surface area contributed by atoms with E-state index in [0.29, 0.717) is 17.5 Å². The number of rotatable bonds is 4. The SMILES string of the molecule is c1ccc(-c2nc(-c3ccc4c(ccc5ccccc54)c3)nc(-c3c(-c4ccc5ccccc5c4)ccc4oc5ccccc5c34)n2)cc1. The zero-order valence-electron chi connectivity index (χ0n) is 26.3. The van der Waals surface area contributed by atoms with Gasteiger partial charge in [-0.2, -0.15) is 0 Å². The van der Waals surface area contributed by atoms with E-state index in [1.54, 1.807) is 0 Å². The van der Waals surface area contributed by atoms with Crippen molar-refractivity contribution in [1.82, 2.24) is 15.0 Å². The van der Waals surface area contributed by atoms with Crippen molar-refractivity contribution in [2.24, 2.45) is 0 Å². The summed E-state index contributed by atoms with van der Waals surface area (Å²) in [5, 5.41) is 9.17. The Hall–Kier alpha value is -6.65. The van der Waals surface area contributed by atoms with Crippen LogP contribution in [-0.4, -0.2) is 15.0 Å². The Morgan fingerprint density at radius 2 is 0.959 bits per heavy atom. The minimum atomic E-state index is 0.600. The molecule has 0 atom stereocenters. The largest absolute Gasteiger partial charge is 0.456 e. The molecule has 0 saturated carbocycles. The van der Waals surface area contributed by atoms with Crippen molar-refractivity contribution >= 4 is 54.3 Å². The number of hydrogen-bond donors (Lipinski definition) is 0. The summed E-state index contributed by atoms with van der Waals surface area (Å²) in [6, 6.07) is 56.9. The average Bonchev–Trinajstić information content (AvgIpc) is 3.56. The summed E-state index contributed by atoms with van der Waals surface area (Å²) in [6.07, 6.45) is 0. The van der Waals surface area contributed by atoms with Gasteiger partial charge in [0.15, 0.2) is 17.5 Å². The van der Waals surface area contributed by atoms with Crippen LogP contribution in [-0.2, 0) is 0 Å². The van der Waals surface area contributed by atoms with Gasteiger partial charge in [-0.1, -0.05) is 133 Å². The predicted molar refractivity (Wildman–Crippen MR) is 201 cm³/mol. The molecule has 2 aromatic heterocycles. The number of para-hydroxylation sites is 1. The van der Waals surface area contributed by atoms with Crippen LogP contribution >= 0.6 is 0 Å². The standard InChI is InChI=1S/C45H27N3O/c1-2-12-30(13-3-1)43-46-44(34-22-23-36-32(27-34)21-19-29-11-6-7-15-35(29)36)48-45(47-43)42-37(33-20-18-28-10-4-5-14-31(28)26-33)24-25-40-41(42)38-16-8-9-17-39(38)49-40/h1-27H. The summed E-state index contributed by atoms with van der Waals surface area (Å²) in [5.74, 6) is 1.84. The summed E-state index contributed by atoms with van der Waals surface area (Å²) in [4.78, 5) is 15.6. The molecule has 0 spiro atoms. The second kappa shape index (κ2) is 11.0. The Kier molecular flexibility index (Phi) is 6.15. The first-order valence-corrected chi connectivity index (χ1v) is 16.4. The molecule has 228 valence electrons. The van der Waals surface area contributed by atoms with Gasteiger partial charge in [-0.05, 0) is 73.8 Å². The third-order valence-corrected chi connectivity index (χ3v) is 9.50. The minimum absolute atomic E-state index is 0.600. The van der Waals surface area contributed by atoms with E-state index in [1.165, 1.54) is 26.9 Å². The van der Waals surface area contributed by atoms with Crippen molar-refractivity contribution < 1.29 is 4.42 Å². The normalized spacial score (nSPS) is 11.7. The van der Waals surface area contributed by atoms with Crippen LogP contribution in [0.4, 0.5) is 0 Å². The summed E-state index contributed by atoms with van der Waals surface area (Å²) >= 11 is 0. The molecular formula is C45H27N3O. The average molecular weight is 626 g/mol. The monoisotopic (exact) mass is 625 g/mol. The van der Waals surface area contributed by atoms with E-state index in [0.717, 1.165) is 55.1 Å². The highest BCUT2D eigenvalue weighted by atomic mass is 16.3. The lowest BCUT2D eigenvalue weighted by molar-refractivity contribution is 0.669. The number of nitrogens with zero attached hydrogens (tertiary/aromatic N) is 3. The van der Waals surface area contributed by atoms with Crippen molar-refractivity contribution in [3.63, 3.8) is 0 Å². The van der Waals surface area contributed by atoms with E-state index in [9.17, 15) is 0 Å². The Balaban J connectivity index is 1.27. The molecule has 0 N–H and O–H groups in total. The van der Waals surface area contributed by atoms with E-state index >= 15 is 0 Å². The van der Waals surface area contributed by atoms with Gasteiger partial charge < -0.3 is 4.42 Å². The number of benzene rings is 8. The summed E-state index contributed by atoms with van der Waals surface area (Å²) < 4.78 is 6.42. The van der Waals surface area contributed by atoms with Crippen molar-refractivity contribution in [2.45, 2.75) is 0 Å². The van der Waals surface area contributed by atoms with Gasteiger partial charge in [0.1, 0.15) is 11.2 Å². The third kappa shape index (κ3) is 4.57. The molecule has 0 amide bonds. The van der Waals surface area contributed by atoms with Gasteiger partial charge in [0.2, 0.25) is 0 Å². The summed E-state index contributed by atoms with van der Waals surface area (Å²) in [7, 11) is 0. The van der Waals surface area contributed by atoms with Crippen molar-refractivity contribution in [2.75, 3.05) is 0 Å². The van der Waals surface area contributed by atoms with Gasteiger partial charge in [0, 0.05) is 27.5 Å². The second-order valence-corrected chi connectivity index (χ2v) is 12.4. The Labute approximate surface area is 282 Å². The third-order valence-electron chi connectivity index (χ3n) is 9.50. The molecule has 0 aliphatic carbocycles. The number of hydrogen-bond acceptors (Lipinski definition) is 4. The van der Waals surface area contributed by atoms with Crippen molar-refractivity contribution in [1.29, 1.82) is 0 Å². The lowest BCUT2D eigenvalue weighted by atomic mass is 9.93. The van der Waals surface area contributed by atoms with Crippen LogP contribution < -0.4 is 0 Å². The van der Waals surface area contributed by atoms with E-state index in [4.69, 9.17) is 19.4 Å². The molecule has 4 heteroatoms. The van der Waals surface area contributed by atoms with E-state index < -0.39 is 0 Å². The predicted octanol–water partition coefficient (Wildman–Crippen LogP) is 11.9. The lowest BCUT2D eigenvalue weighted by Gasteiger charge is -2.14. The summed E-state index contributed by atoms with van der Waals surface area (Å²) in [5.41, 5.74) is 6.52. The zero-order valence-corrected chi connectivity index (χ0v) is 26.3. The molecule has 10 aromatic rings. The maximum Gasteiger partial charge on any atom is 0.165 e. The molecular weight excluding hydrogens is 599 g/mol. The highest BCUT2D eigenvalue weighted by molar-refractivity contribution is 6.15. The Bertz CT molecular complexity index is 2890. The van der Waals surface area contributed by atoms with Crippen LogP contribution in [0.1, 0.15) is 0 Å². The van der Waals surface area contributed by atoms with Crippen LogP contribution in [0.25, 0.3) is 99.5 Å². The van der Waals surface area contributed by atoms with Gasteiger partial charge in [0.25, 0.3) is 0 Å². The Morgan fingerprint density at radius 1 is 0.347 bits per heavy atom. The molecule has 0 fully saturated rings. The topological polar surface area (TPSA) is 51.8 Å². The second-order valence-electron chi connectivity index (χ2n) is 12.4. The highest BCUT2D eigenvalue weighted by Gasteiger charge is 2.22. The maximum absolute atomic E-state index is 6.42. The fraction of sp³-hybridized carbons (Fsp3) is 0. The van der Waals surface area contributed by atoms with Crippen molar-refractivity contribution in [3.05, 3.63) is 164 Å². The van der Waals surface area contributed by atoms with Crippen molar-refractivity contribution in [3.8, 4) is 45.3 Å². The van der Waals surface area contributed by atoms with Crippen LogP contribution in [0.3, 0.4) is 0 Å². The fourth-order valence-electron chi connectivity index (χ4n) is 7.13. The first-order chi connectivity index (χ1) is 24.3. The van der Waals surface area contributed by atoms with Crippen LogP contribution in [0.2, 0.25) is 0 Å². The lowest BCUT2D eigenvalue weighted by Crippen LogP contribution is -2.01. The minimum Gasteiger partial charge on any atom is -0.456 e. The van der Waals surface area contributed by atoms with Gasteiger partial charge in [-0.15, -0.1) is 0 Å². The molecule has 49 heavy (non-hydrogen) atoms. The molecule has 0 aliphatic heterocycles. The smallest absolute Gasteiger partial charge is 0.165 e. The number of furan rings is 1. The van der Waals surface area contributed by atoms with Gasteiger partial charge in [-0.25, -0.2) is 15.0 Å². The van der Waals surface area contributed by atoms with Crippen LogP contribution in [0.5, 0.6) is 0 Å². The first-order valence-electron chi connectivity index (χ1n) is 16.4. The van der Waals surface area contributed by atoms with E-state index in [-0.39, 0.29) is 0 Å². The fourth-order valence-corrected chi connectivity index (χ4v) is 7.13. The molecule has 0 unspecified atom stereocenters. The molecule has 8 aromatic carbocycles. The number of fused-ring (bicyclic) bond motifs is 7. The van der Waals surface area contributed by atoms with E-state index in [1.807, 2.05) is 42.5 Å². The molecule has 2 heterocycles. The van der Waals surface area contributed by atoms with Gasteiger partial charge >= 0.3 is 0 Å². The molecule has 4 nitrogen and oxygen atoms in total. The van der Waals surface area contributed by atoms with Crippen LogP contribution in [0.15, 0.2) is 168 Å². The highest BCUT2D eigenvalue weighted by Crippen LogP contribution is 2.43.